The van der Waals surface area contributed by atoms with E-state index in [0.717, 1.165) is 17.0 Å². The fourth-order valence-electron chi connectivity index (χ4n) is 2.19. The van der Waals surface area contributed by atoms with Crippen LogP contribution in [0.2, 0.25) is 0 Å². The quantitative estimate of drug-likeness (QED) is 0.834. The lowest BCUT2D eigenvalue weighted by Gasteiger charge is -2.20. The molecule has 1 aromatic heterocycles. The number of nitrogens with zero attached hydrogens (tertiary/aromatic N) is 1. The highest BCUT2D eigenvalue weighted by molar-refractivity contribution is 5.54. The number of hydrogen-bond donors (Lipinski definition) is 1. The minimum atomic E-state index is 0.0937. The number of para-hydroxylation sites is 1. The second-order valence-electron chi connectivity index (χ2n) is 4.63. The molecule has 0 aliphatic rings. The Morgan fingerprint density at radius 1 is 1.05 bits per heavy atom. The van der Waals surface area contributed by atoms with Gasteiger partial charge in [-0.25, -0.2) is 4.98 Å². The van der Waals surface area contributed by atoms with E-state index in [-0.39, 0.29) is 6.04 Å². The van der Waals surface area contributed by atoms with Crippen molar-refractivity contribution < 1.29 is 9.47 Å². The van der Waals surface area contributed by atoms with E-state index in [2.05, 4.69) is 23.3 Å². The first-order chi connectivity index (χ1) is 10.3. The summed E-state index contributed by atoms with van der Waals surface area (Å²) in [4.78, 5) is 4.26. The van der Waals surface area contributed by atoms with Gasteiger partial charge in [0, 0.05) is 11.8 Å². The molecule has 4 nitrogen and oxygen atoms in total. The van der Waals surface area contributed by atoms with Crippen LogP contribution in [-0.2, 0) is 0 Å². The van der Waals surface area contributed by atoms with Gasteiger partial charge in [-0.05, 0) is 39.0 Å². The number of ether oxygens (including phenoxy) is 2. The molecule has 0 amide bonds. The Labute approximate surface area is 126 Å². The van der Waals surface area contributed by atoms with Crippen molar-refractivity contribution >= 4 is 5.69 Å². The number of hydrogen-bond acceptors (Lipinski definition) is 4. The van der Waals surface area contributed by atoms with Crippen molar-refractivity contribution in [3.05, 3.63) is 48.2 Å². The van der Waals surface area contributed by atoms with Crippen molar-refractivity contribution in [2.45, 2.75) is 26.8 Å². The molecule has 2 rings (SSSR count). The van der Waals surface area contributed by atoms with Gasteiger partial charge in [0.25, 0.3) is 0 Å². The molecule has 0 saturated carbocycles. The van der Waals surface area contributed by atoms with Gasteiger partial charge in [0.15, 0.2) is 0 Å². The third-order valence-corrected chi connectivity index (χ3v) is 3.11. The van der Waals surface area contributed by atoms with Crippen LogP contribution >= 0.6 is 0 Å². The van der Waals surface area contributed by atoms with Gasteiger partial charge in [-0.2, -0.15) is 0 Å². The largest absolute Gasteiger partial charge is 0.494 e. The molecule has 0 radical (unpaired) electrons. The fourth-order valence-corrected chi connectivity index (χ4v) is 2.19. The summed E-state index contributed by atoms with van der Waals surface area (Å²) < 4.78 is 11.2. The van der Waals surface area contributed by atoms with Gasteiger partial charge in [0.2, 0.25) is 5.88 Å². The highest BCUT2D eigenvalue weighted by Crippen LogP contribution is 2.30. The number of aromatic nitrogens is 1. The third kappa shape index (κ3) is 3.88. The van der Waals surface area contributed by atoms with Crippen LogP contribution in [0.25, 0.3) is 0 Å². The summed E-state index contributed by atoms with van der Waals surface area (Å²) in [6.45, 7) is 7.28. The van der Waals surface area contributed by atoms with Crippen LogP contribution in [0.15, 0.2) is 42.6 Å². The SMILES string of the molecule is CCOc1ccccc1C(C)Nc1cccnc1OCC. The van der Waals surface area contributed by atoms with Crippen LogP contribution in [0, 0.1) is 0 Å². The van der Waals surface area contributed by atoms with E-state index in [1.807, 2.05) is 44.2 Å². The standard InChI is InChI=1S/C17H22N2O2/c1-4-20-16-11-7-6-9-14(16)13(3)19-15-10-8-12-18-17(15)21-5-2/h6-13,19H,4-5H2,1-3H3. The number of rotatable bonds is 7. The summed E-state index contributed by atoms with van der Waals surface area (Å²) in [5, 5.41) is 3.44. The monoisotopic (exact) mass is 286 g/mol. The number of anilines is 1. The molecule has 1 N–H and O–H groups in total. The van der Waals surface area contributed by atoms with E-state index in [1.54, 1.807) is 6.20 Å². The zero-order valence-corrected chi connectivity index (χ0v) is 12.8. The van der Waals surface area contributed by atoms with E-state index in [4.69, 9.17) is 9.47 Å². The van der Waals surface area contributed by atoms with Gasteiger partial charge in [-0.3, -0.25) is 0 Å². The van der Waals surface area contributed by atoms with Crippen LogP contribution in [0.3, 0.4) is 0 Å². The molecule has 1 heterocycles. The summed E-state index contributed by atoms with van der Waals surface area (Å²) in [6, 6.07) is 12.0. The zero-order valence-electron chi connectivity index (χ0n) is 12.8. The Kier molecular flexibility index (Phi) is 5.43. The second-order valence-corrected chi connectivity index (χ2v) is 4.63. The zero-order chi connectivity index (χ0) is 15.1. The summed E-state index contributed by atoms with van der Waals surface area (Å²) in [5.74, 6) is 1.53. The molecule has 0 spiro atoms. The van der Waals surface area contributed by atoms with Gasteiger partial charge in [-0.15, -0.1) is 0 Å². The van der Waals surface area contributed by atoms with Crippen LogP contribution < -0.4 is 14.8 Å². The molecule has 4 heteroatoms. The predicted molar refractivity (Wildman–Crippen MR) is 85.1 cm³/mol. The van der Waals surface area contributed by atoms with E-state index >= 15 is 0 Å². The summed E-state index contributed by atoms with van der Waals surface area (Å²) in [5.41, 5.74) is 2.00. The topological polar surface area (TPSA) is 43.4 Å². The van der Waals surface area contributed by atoms with Crippen LogP contribution in [-0.4, -0.2) is 18.2 Å². The molecule has 0 bridgehead atoms. The van der Waals surface area contributed by atoms with Crippen molar-refractivity contribution in [3.63, 3.8) is 0 Å². The Morgan fingerprint density at radius 2 is 1.81 bits per heavy atom. The molecular formula is C17H22N2O2. The molecule has 0 aliphatic carbocycles. The van der Waals surface area contributed by atoms with E-state index in [0.29, 0.717) is 19.1 Å². The summed E-state index contributed by atoms with van der Waals surface area (Å²) in [7, 11) is 0. The Balaban J connectivity index is 2.20. The van der Waals surface area contributed by atoms with Crippen molar-refractivity contribution in [1.29, 1.82) is 0 Å². The number of pyridine rings is 1. The molecule has 21 heavy (non-hydrogen) atoms. The number of nitrogens with one attached hydrogen (secondary N) is 1. The molecule has 0 saturated heterocycles. The van der Waals surface area contributed by atoms with E-state index < -0.39 is 0 Å². The Hall–Kier alpha value is -2.23. The molecule has 2 aromatic rings. The minimum Gasteiger partial charge on any atom is -0.494 e. The summed E-state index contributed by atoms with van der Waals surface area (Å²) in [6.07, 6.45) is 1.73. The first-order valence-electron chi connectivity index (χ1n) is 7.32. The molecule has 1 unspecified atom stereocenters. The van der Waals surface area contributed by atoms with Gasteiger partial charge < -0.3 is 14.8 Å². The lowest BCUT2D eigenvalue weighted by molar-refractivity contribution is 0.327. The average Bonchev–Trinajstić information content (AvgIpc) is 2.50. The van der Waals surface area contributed by atoms with Crippen molar-refractivity contribution in [2.24, 2.45) is 0 Å². The van der Waals surface area contributed by atoms with Gasteiger partial charge in [0.1, 0.15) is 5.75 Å². The maximum absolute atomic E-state index is 5.69. The third-order valence-electron chi connectivity index (χ3n) is 3.11. The second kappa shape index (κ2) is 7.53. The van der Waals surface area contributed by atoms with E-state index in [1.165, 1.54) is 0 Å². The van der Waals surface area contributed by atoms with Crippen molar-refractivity contribution in [3.8, 4) is 11.6 Å². The maximum atomic E-state index is 5.69. The molecule has 1 aromatic carbocycles. The number of benzene rings is 1. The normalized spacial score (nSPS) is 11.8. The van der Waals surface area contributed by atoms with Crippen molar-refractivity contribution in [2.75, 3.05) is 18.5 Å². The Morgan fingerprint density at radius 3 is 2.57 bits per heavy atom. The fraction of sp³-hybridized carbons (Fsp3) is 0.353. The molecule has 0 fully saturated rings. The van der Waals surface area contributed by atoms with Crippen LogP contribution in [0.5, 0.6) is 11.6 Å². The first-order valence-corrected chi connectivity index (χ1v) is 7.32. The van der Waals surface area contributed by atoms with Crippen LogP contribution in [0.1, 0.15) is 32.4 Å². The van der Waals surface area contributed by atoms with Crippen molar-refractivity contribution in [1.82, 2.24) is 4.98 Å². The smallest absolute Gasteiger partial charge is 0.237 e. The van der Waals surface area contributed by atoms with Crippen LogP contribution in [0.4, 0.5) is 5.69 Å². The molecular weight excluding hydrogens is 264 g/mol. The van der Waals surface area contributed by atoms with Gasteiger partial charge in [-0.1, -0.05) is 18.2 Å². The Bertz CT molecular complexity index is 572. The molecule has 0 aliphatic heterocycles. The molecule has 1 atom stereocenters. The average molecular weight is 286 g/mol. The van der Waals surface area contributed by atoms with Gasteiger partial charge >= 0.3 is 0 Å². The molecule has 112 valence electrons. The predicted octanol–water partition coefficient (Wildman–Crippen LogP) is 4.05. The highest BCUT2D eigenvalue weighted by atomic mass is 16.5. The lowest BCUT2D eigenvalue weighted by Crippen LogP contribution is -2.10. The lowest BCUT2D eigenvalue weighted by atomic mass is 10.1. The highest BCUT2D eigenvalue weighted by Gasteiger charge is 2.13. The van der Waals surface area contributed by atoms with E-state index in [9.17, 15) is 0 Å². The summed E-state index contributed by atoms with van der Waals surface area (Å²) >= 11 is 0. The van der Waals surface area contributed by atoms with Gasteiger partial charge in [0.05, 0.1) is 24.9 Å². The first kappa shape index (κ1) is 15.2. The minimum absolute atomic E-state index is 0.0937. The maximum Gasteiger partial charge on any atom is 0.237 e.